The van der Waals surface area contributed by atoms with E-state index < -0.39 is 11.7 Å². The first kappa shape index (κ1) is 21.3. The molecule has 2 unspecified atom stereocenters. The Hall–Kier alpha value is -2.92. The van der Waals surface area contributed by atoms with E-state index in [0.29, 0.717) is 18.5 Å². The Morgan fingerprint density at radius 1 is 0.871 bits per heavy atom. The molecule has 2 atom stereocenters. The second kappa shape index (κ2) is 9.06. The highest BCUT2D eigenvalue weighted by atomic mass is 19.4. The van der Waals surface area contributed by atoms with Crippen LogP contribution in [0.2, 0.25) is 0 Å². The van der Waals surface area contributed by atoms with Gasteiger partial charge in [-0.15, -0.1) is 0 Å². The van der Waals surface area contributed by atoms with Crippen LogP contribution >= 0.6 is 0 Å². The van der Waals surface area contributed by atoms with Crippen LogP contribution in [0.5, 0.6) is 0 Å². The maximum atomic E-state index is 13.5. The van der Waals surface area contributed by atoms with Gasteiger partial charge in [0, 0.05) is 18.5 Å². The molecule has 0 saturated heterocycles. The summed E-state index contributed by atoms with van der Waals surface area (Å²) >= 11 is 0. The molecular weight excluding hydrogens is 402 g/mol. The fourth-order valence-corrected chi connectivity index (χ4v) is 4.20. The number of alkyl halides is 3. The van der Waals surface area contributed by atoms with Crippen LogP contribution in [0.25, 0.3) is 5.57 Å². The Balaban J connectivity index is 1.56. The number of hydrogen-bond acceptors (Lipinski definition) is 1. The number of nitrogens with one attached hydrogen (secondary N) is 1. The minimum Gasteiger partial charge on any atom is -0.310 e. The molecule has 0 spiro atoms. The topological polar surface area (TPSA) is 12.0 Å². The first-order valence-electron chi connectivity index (χ1n) is 10.3. The Labute approximate surface area is 179 Å². The summed E-state index contributed by atoms with van der Waals surface area (Å²) in [5, 5.41) is 3.47. The van der Waals surface area contributed by atoms with Crippen LogP contribution < -0.4 is 5.32 Å². The van der Waals surface area contributed by atoms with Crippen molar-refractivity contribution in [2.75, 3.05) is 6.54 Å². The lowest BCUT2D eigenvalue weighted by atomic mass is 9.82. The minimum atomic E-state index is -4.36. The monoisotopic (exact) mass is 425 g/mol. The molecule has 0 bridgehead atoms. The third kappa shape index (κ3) is 5.23. The Morgan fingerprint density at radius 3 is 2.29 bits per heavy atom. The van der Waals surface area contributed by atoms with Crippen molar-refractivity contribution < 1.29 is 17.6 Å². The Bertz CT molecular complexity index is 1040. The molecule has 3 aromatic carbocycles. The van der Waals surface area contributed by atoms with Gasteiger partial charge in [-0.2, -0.15) is 13.2 Å². The van der Waals surface area contributed by atoms with Crippen molar-refractivity contribution in [2.45, 2.75) is 31.0 Å². The van der Waals surface area contributed by atoms with E-state index in [9.17, 15) is 17.6 Å². The summed E-state index contributed by atoms with van der Waals surface area (Å²) in [6.07, 6.45) is -1.01. The van der Waals surface area contributed by atoms with Crippen LogP contribution in [0.3, 0.4) is 0 Å². The lowest BCUT2D eigenvalue weighted by Gasteiger charge is -2.29. The van der Waals surface area contributed by atoms with E-state index in [1.54, 1.807) is 18.2 Å². The van der Waals surface area contributed by atoms with Crippen LogP contribution in [-0.4, -0.2) is 12.6 Å². The predicted octanol–water partition coefficient (Wildman–Crippen LogP) is 6.81. The molecule has 0 aliphatic carbocycles. The molecule has 0 radical (unpaired) electrons. The average molecular weight is 425 g/mol. The van der Waals surface area contributed by atoms with Gasteiger partial charge in [-0.25, -0.2) is 4.39 Å². The van der Waals surface area contributed by atoms with Gasteiger partial charge in [-0.05, 0) is 59.4 Å². The van der Waals surface area contributed by atoms with E-state index in [-0.39, 0.29) is 17.8 Å². The lowest BCUT2D eigenvalue weighted by Crippen LogP contribution is -2.34. The van der Waals surface area contributed by atoms with Crippen LogP contribution in [0.1, 0.15) is 41.0 Å². The zero-order valence-electron chi connectivity index (χ0n) is 16.9. The third-order valence-electron chi connectivity index (χ3n) is 5.78. The van der Waals surface area contributed by atoms with Crippen molar-refractivity contribution in [1.82, 2.24) is 5.32 Å². The van der Waals surface area contributed by atoms with Gasteiger partial charge in [0.1, 0.15) is 5.82 Å². The molecule has 1 aliphatic heterocycles. The predicted molar refractivity (Wildman–Crippen MR) is 115 cm³/mol. The summed E-state index contributed by atoms with van der Waals surface area (Å²) in [7, 11) is 0. The first-order chi connectivity index (χ1) is 14.9. The summed E-state index contributed by atoms with van der Waals surface area (Å²) in [5.41, 5.74) is 3.05. The third-order valence-corrected chi connectivity index (χ3v) is 5.78. The quantitative estimate of drug-likeness (QED) is 0.443. The molecular formula is C26H23F4N. The van der Waals surface area contributed by atoms with Crippen LogP contribution in [0, 0.1) is 5.82 Å². The highest BCUT2D eigenvalue weighted by Crippen LogP contribution is 2.35. The number of rotatable bonds is 5. The highest BCUT2D eigenvalue weighted by molar-refractivity contribution is 5.67. The van der Waals surface area contributed by atoms with Gasteiger partial charge >= 0.3 is 6.18 Å². The van der Waals surface area contributed by atoms with Gasteiger partial charge in [0.05, 0.1) is 5.56 Å². The normalized spacial score (nSPS) is 17.8. The minimum absolute atomic E-state index is 0.0557. The van der Waals surface area contributed by atoms with E-state index in [1.165, 1.54) is 24.3 Å². The van der Waals surface area contributed by atoms with E-state index in [1.807, 2.05) is 24.3 Å². The SMILES string of the molecule is Fc1ccc(C(CC2CC(c3cccc(C(F)(F)F)c3)=CCN2)c2ccccc2)cc1. The van der Waals surface area contributed by atoms with Gasteiger partial charge in [-0.1, -0.05) is 60.7 Å². The van der Waals surface area contributed by atoms with E-state index in [4.69, 9.17) is 0 Å². The summed E-state index contributed by atoms with van der Waals surface area (Å²) < 4.78 is 52.9. The van der Waals surface area contributed by atoms with Gasteiger partial charge in [-0.3, -0.25) is 0 Å². The Morgan fingerprint density at radius 2 is 1.58 bits per heavy atom. The Kier molecular flexibility index (Phi) is 6.23. The maximum absolute atomic E-state index is 13.5. The van der Waals surface area contributed by atoms with E-state index in [2.05, 4.69) is 17.4 Å². The lowest BCUT2D eigenvalue weighted by molar-refractivity contribution is -0.137. The zero-order chi connectivity index (χ0) is 21.8. The van der Waals surface area contributed by atoms with Crippen molar-refractivity contribution in [1.29, 1.82) is 0 Å². The summed E-state index contributed by atoms with van der Waals surface area (Å²) in [5.74, 6) is -0.221. The zero-order valence-corrected chi connectivity index (χ0v) is 16.9. The van der Waals surface area contributed by atoms with E-state index >= 15 is 0 Å². The molecule has 0 saturated carbocycles. The maximum Gasteiger partial charge on any atom is 0.416 e. The molecule has 4 rings (SSSR count). The molecule has 31 heavy (non-hydrogen) atoms. The molecule has 1 nitrogen and oxygen atoms in total. The molecule has 1 N–H and O–H groups in total. The second-order valence-corrected chi connectivity index (χ2v) is 7.87. The number of halogens is 4. The van der Waals surface area contributed by atoms with Crippen molar-refractivity contribution in [3.63, 3.8) is 0 Å². The molecule has 0 fully saturated rings. The van der Waals surface area contributed by atoms with Gasteiger partial charge in [0.25, 0.3) is 0 Å². The van der Waals surface area contributed by atoms with Gasteiger partial charge in [0.2, 0.25) is 0 Å². The average Bonchev–Trinajstić information content (AvgIpc) is 2.78. The highest BCUT2D eigenvalue weighted by Gasteiger charge is 2.31. The fraction of sp³-hybridized carbons (Fsp3) is 0.231. The molecule has 1 heterocycles. The molecule has 1 aliphatic rings. The van der Waals surface area contributed by atoms with Gasteiger partial charge < -0.3 is 5.32 Å². The van der Waals surface area contributed by atoms with Gasteiger partial charge in [0.15, 0.2) is 0 Å². The first-order valence-corrected chi connectivity index (χ1v) is 10.3. The van der Waals surface area contributed by atoms with Crippen molar-refractivity contribution in [3.8, 4) is 0 Å². The molecule has 0 aromatic heterocycles. The smallest absolute Gasteiger partial charge is 0.310 e. The van der Waals surface area contributed by atoms with Crippen LogP contribution in [0.4, 0.5) is 17.6 Å². The molecule has 0 amide bonds. The number of benzene rings is 3. The van der Waals surface area contributed by atoms with Crippen LogP contribution in [0.15, 0.2) is 84.9 Å². The summed E-state index contributed by atoms with van der Waals surface area (Å²) in [4.78, 5) is 0. The fourth-order valence-electron chi connectivity index (χ4n) is 4.20. The van der Waals surface area contributed by atoms with Crippen molar-refractivity contribution in [2.24, 2.45) is 0 Å². The second-order valence-electron chi connectivity index (χ2n) is 7.87. The molecule has 160 valence electrons. The van der Waals surface area contributed by atoms with Crippen molar-refractivity contribution >= 4 is 5.57 Å². The largest absolute Gasteiger partial charge is 0.416 e. The molecule has 5 heteroatoms. The van der Waals surface area contributed by atoms with E-state index in [0.717, 1.165) is 29.2 Å². The summed E-state index contributed by atoms with van der Waals surface area (Å²) in [6, 6.07) is 22.2. The van der Waals surface area contributed by atoms with Crippen LogP contribution in [-0.2, 0) is 6.18 Å². The standard InChI is InChI=1S/C26H23F4N/c27-23-11-9-19(10-12-23)25(18-5-2-1-3-6-18)17-24-16-21(13-14-31-24)20-7-4-8-22(15-20)26(28,29)30/h1-13,15,24-25,31H,14,16-17H2. The number of hydrogen-bond donors (Lipinski definition) is 1. The summed E-state index contributed by atoms with van der Waals surface area (Å²) in [6.45, 7) is 0.598. The van der Waals surface area contributed by atoms with Crippen molar-refractivity contribution in [3.05, 3.63) is 113 Å². The molecule has 3 aromatic rings.